The maximum absolute atomic E-state index is 13.1. The van der Waals surface area contributed by atoms with Crippen LogP contribution < -0.4 is 5.32 Å². The van der Waals surface area contributed by atoms with Crippen LogP contribution in [0.4, 0.5) is 18.9 Å². The van der Waals surface area contributed by atoms with E-state index in [1.54, 1.807) is 6.08 Å². The Morgan fingerprint density at radius 3 is 2.84 bits per heavy atom. The molecule has 0 amide bonds. The van der Waals surface area contributed by atoms with Gasteiger partial charge in [0.05, 0.1) is 17.4 Å². The van der Waals surface area contributed by atoms with Crippen LogP contribution in [0, 0.1) is 11.8 Å². The van der Waals surface area contributed by atoms with Gasteiger partial charge in [0.15, 0.2) is 0 Å². The molecule has 1 saturated heterocycles. The second kappa shape index (κ2) is 6.09. The molecule has 0 saturated carbocycles. The van der Waals surface area contributed by atoms with Crippen molar-refractivity contribution in [3.8, 4) is 0 Å². The highest BCUT2D eigenvalue weighted by Crippen LogP contribution is 2.48. The van der Waals surface area contributed by atoms with Gasteiger partial charge in [0.1, 0.15) is 0 Å². The highest BCUT2D eigenvalue weighted by atomic mass is 19.4. The van der Waals surface area contributed by atoms with Gasteiger partial charge in [-0.1, -0.05) is 12.2 Å². The molecular weight excluding hydrogens is 331 g/mol. The van der Waals surface area contributed by atoms with Crippen molar-refractivity contribution < 1.29 is 23.0 Å². The van der Waals surface area contributed by atoms with Gasteiger partial charge >= 0.3 is 6.18 Å². The van der Waals surface area contributed by atoms with Crippen LogP contribution in [0.25, 0.3) is 0 Å². The summed E-state index contributed by atoms with van der Waals surface area (Å²) in [6.45, 7) is 0.565. The van der Waals surface area contributed by atoms with Crippen molar-refractivity contribution in [3.63, 3.8) is 0 Å². The van der Waals surface area contributed by atoms with Crippen molar-refractivity contribution in [2.75, 3.05) is 11.9 Å². The molecule has 25 heavy (non-hydrogen) atoms. The Morgan fingerprint density at radius 1 is 1.24 bits per heavy atom. The van der Waals surface area contributed by atoms with Crippen LogP contribution in [-0.2, 0) is 10.9 Å². The predicted molar refractivity (Wildman–Crippen MR) is 88.2 cm³/mol. The summed E-state index contributed by atoms with van der Waals surface area (Å²) in [6, 6.07) is 3.86. The average Bonchev–Trinajstić information content (AvgIpc) is 2.60. The summed E-state index contributed by atoms with van der Waals surface area (Å²) in [7, 11) is 0. The third-order valence-corrected chi connectivity index (χ3v) is 5.39. The molecule has 3 aliphatic rings. The Morgan fingerprint density at radius 2 is 2.08 bits per heavy atom. The molecule has 2 aliphatic heterocycles. The second-order valence-electron chi connectivity index (χ2n) is 6.98. The van der Waals surface area contributed by atoms with Gasteiger partial charge in [-0.15, -0.1) is 0 Å². The van der Waals surface area contributed by atoms with Gasteiger partial charge < -0.3 is 15.2 Å². The molecule has 4 rings (SSSR count). The minimum absolute atomic E-state index is 0.0293. The number of fused-ring (bicyclic) bond motifs is 3. The van der Waals surface area contributed by atoms with Gasteiger partial charge in [-0.2, -0.15) is 13.2 Å². The number of alkyl halides is 3. The lowest BCUT2D eigenvalue weighted by Crippen LogP contribution is -2.45. The summed E-state index contributed by atoms with van der Waals surface area (Å²) in [6.07, 6.45) is 3.20. The van der Waals surface area contributed by atoms with E-state index < -0.39 is 11.7 Å². The number of allylic oxidation sites excluding steroid dienone is 3. The number of anilines is 1. The van der Waals surface area contributed by atoms with E-state index in [0.29, 0.717) is 30.0 Å². The van der Waals surface area contributed by atoms with Crippen molar-refractivity contribution in [1.29, 1.82) is 0 Å². The number of ether oxygens (including phenoxy) is 1. The Hall–Kier alpha value is -1.95. The second-order valence-corrected chi connectivity index (χ2v) is 6.98. The van der Waals surface area contributed by atoms with E-state index in [1.807, 2.05) is 6.08 Å². The standard InChI is InChI=1S/C19H20F3NO2/c20-19(21,22)12-6-7-16-15(10-12)18-14(5-2-8-25-18)17(23-16)11-3-1-4-13(24)9-11/h1,3-4,6-7,10-11,14,17-18,23-24H,2,5,8-9H2. The summed E-state index contributed by atoms with van der Waals surface area (Å²) in [4.78, 5) is 0. The first kappa shape index (κ1) is 16.5. The monoisotopic (exact) mass is 351 g/mol. The van der Waals surface area contributed by atoms with Crippen LogP contribution in [0.2, 0.25) is 0 Å². The normalized spacial score (nSPS) is 31.6. The molecule has 2 N–H and O–H groups in total. The summed E-state index contributed by atoms with van der Waals surface area (Å²) < 4.78 is 45.2. The van der Waals surface area contributed by atoms with E-state index >= 15 is 0 Å². The van der Waals surface area contributed by atoms with Gasteiger partial charge in [-0.25, -0.2) is 0 Å². The lowest BCUT2D eigenvalue weighted by molar-refractivity contribution is -0.137. The maximum Gasteiger partial charge on any atom is 0.416 e. The van der Waals surface area contributed by atoms with Crippen LogP contribution in [0.1, 0.15) is 36.5 Å². The fourth-order valence-electron chi connectivity index (χ4n) is 4.24. The number of hydrogen-bond acceptors (Lipinski definition) is 3. The van der Waals surface area contributed by atoms with Crippen molar-refractivity contribution in [1.82, 2.24) is 0 Å². The number of hydrogen-bond donors (Lipinski definition) is 2. The van der Waals surface area contributed by atoms with Gasteiger partial charge in [-0.3, -0.25) is 0 Å². The SMILES string of the molecule is OC1=CC=CC(C2Nc3ccc(C(F)(F)F)cc3C3OCCCC32)C1. The average molecular weight is 351 g/mol. The van der Waals surface area contributed by atoms with E-state index in [4.69, 9.17) is 4.74 Å². The molecule has 1 aromatic carbocycles. The molecule has 1 aliphatic carbocycles. The van der Waals surface area contributed by atoms with Gasteiger partial charge in [0.25, 0.3) is 0 Å². The number of aliphatic hydroxyl groups is 1. The quantitative estimate of drug-likeness (QED) is 0.749. The largest absolute Gasteiger partial charge is 0.512 e. The number of nitrogens with one attached hydrogen (secondary N) is 1. The third kappa shape index (κ3) is 3.03. The van der Waals surface area contributed by atoms with E-state index in [1.165, 1.54) is 12.1 Å². The van der Waals surface area contributed by atoms with Gasteiger partial charge in [0.2, 0.25) is 0 Å². The van der Waals surface area contributed by atoms with Crippen LogP contribution in [0.5, 0.6) is 0 Å². The van der Waals surface area contributed by atoms with Crippen LogP contribution >= 0.6 is 0 Å². The summed E-state index contributed by atoms with van der Waals surface area (Å²) in [5, 5.41) is 13.3. The van der Waals surface area contributed by atoms with Crippen molar-refractivity contribution >= 4 is 5.69 Å². The number of rotatable bonds is 1. The first-order valence-electron chi connectivity index (χ1n) is 8.59. The lowest BCUT2D eigenvalue weighted by atomic mass is 9.73. The first-order valence-corrected chi connectivity index (χ1v) is 8.59. The Labute approximate surface area is 144 Å². The molecular formula is C19H20F3NO2. The van der Waals surface area contributed by atoms with E-state index in [0.717, 1.165) is 18.9 Å². The zero-order valence-corrected chi connectivity index (χ0v) is 13.6. The number of aliphatic hydroxyl groups excluding tert-OH is 1. The van der Waals surface area contributed by atoms with E-state index in [9.17, 15) is 18.3 Å². The molecule has 0 bridgehead atoms. The van der Waals surface area contributed by atoms with Crippen molar-refractivity contribution in [3.05, 3.63) is 53.3 Å². The minimum Gasteiger partial charge on any atom is -0.512 e. The van der Waals surface area contributed by atoms with E-state index in [-0.39, 0.29) is 24.0 Å². The molecule has 2 heterocycles. The summed E-state index contributed by atoms with van der Waals surface area (Å²) in [5.41, 5.74) is 0.650. The van der Waals surface area contributed by atoms with Crippen LogP contribution in [0.15, 0.2) is 42.2 Å². The molecule has 134 valence electrons. The fraction of sp³-hybridized carbons (Fsp3) is 0.474. The minimum atomic E-state index is -4.36. The summed E-state index contributed by atoms with van der Waals surface area (Å²) in [5.74, 6) is 0.515. The molecule has 6 heteroatoms. The highest BCUT2D eigenvalue weighted by molar-refractivity contribution is 5.58. The van der Waals surface area contributed by atoms with Crippen molar-refractivity contribution in [2.45, 2.75) is 37.6 Å². The van der Waals surface area contributed by atoms with Crippen LogP contribution in [-0.4, -0.2) is 17.8 Å². The lowest BCUT2D eigenvalue weighted by Gasteiger charge is -2.46. The van der Waals surface area contributed by atoms with Crippen molar-refractivity contribution in [2.24, 2.45) is 11.8 Å². The molecule has 4 atom stereocenters. The molecule has 3 nitrogen and oxygen atoms in total. The Bertz CT molecular complexity index is 726. The van der Waals surface area contributed by atoms with E-state index in [2.05, 4.69) is 11.4 Å². The zero-order chi connectivity index (χ0) is 17.6. The molecule has 0 aromatic heterocycles. The molecule has 0 radical (unpaired) electrons. The smallest absolute Gasteiger partial charge is 0.416 e. The molecule has 1 fully saturated rings. The zero-order valence-electron chi connectivity index (χ0n) is 13.6. The third-order valence-electron chi connectivity index (χ3n) is 5.39. The van der Waals surface area contributed by atoms with Gasteiger partial charge in [-0.05, 0) is 37.1 Å². The number of benzene rings is 1. The first-order chi connectivity index (χ1) is 11.9. The topological polar surface area (TPSA) is 41.5 Å². The summed E-state index contributed by atoms with van der Waals surface area (Å²) >= 11 is 0. The van der Waals surface area contributed by atoms with Gasteiger partial charge in [0, 0.05) is 42.2 Å². The van der Waals surface area contributed by atoms with Crippen LogP contribution in [0.3, 0.4) is 0 Å². The molecule has 4 unspecified atom stereocenters. The molecule has 0 spiro atoms. The Kier molecular flexibility index (Phi) is 4.02. The predicted octanol–water partition coefficient (Wildman–Crippen LogP) is 4.99. The Balaban J connectivity index is 1.70. The fourth-order valence-corrected chi connectivity index (χ4v) is 4.24. The maximum atomic E-state index is 13.1. The highest BCUT2D eigenvalue weighted by Gasteiger charge is 2.43. The molecule has 1 aromatic rings. The number of halogens is 3.